The van der Waals surface area contributed by atoms with Gasteiger partial charge in [-0.05, 0) is 72.2 Å². The predicted molar refractivity (Wildman–Crippen MR) is 153 cm³/mol. The van der Waals surface area contributed by atoms with Crippen LogP contribution in [0.3, 0.4) is 0 Å². The van der Waals surface area contributed by atoms with E-state index in [0.717, 1.165) is 15.4 Å². The molecule has 3 aromatic rings. The van der Waals surface area contributed by atoms with Crippen molar-refractivity contribution in [2.24, 2.45) is 0 Å². The molecule has 0 aromatic heterocycles. The van der Waals surface area contributed by atoms with Crippen LogP contribution in [0.15, 0.2) is 81.0 Å². The lowest BCUT2D eigenvalue weighted by molar-refractivity contribution is -0.130. The zero-order valence-corrected chi connectivity index (χ0v) is 25.1. The minimum atomic E-state index is -4.13. The van der Waals surface area contributed by atoms with Gasteiger partial charge in [-0.15, -0.1) is 0 Å². The summed E-state index contributed by atoms with van der Waals surface area (Å²) in [5.41, 5.74) is 2.25. The Kier molecular flexibility index (Phi) is 8.69. The van der Waals surface area contributed by atoms with Gasteiger partial charge in [-0.2, -0.15) is 4.31 Å². The molecule has 0 spiro atoms. The fourth-order valence-corrected chi connectivity index (χ4v) is 7.78. The Morgan fingerprint density at radius 3 is 1.92 bits per heavy atom. The van der Waals surface area contributed by atoms with Crippen molar-refractivity contribution in [1.29, 1.82) is 0 Å². The summed E-state index contributed by atoms with van der Waals surface area (Å²) in [6.45, 7) is 3.88. The molecule has 12 heteroatoms. The van der Waals surface area contributed by atoms with Crippen LogP contribution >= 0.6 is 15.9 Å². The smallest absolute Gasteiger partial charge is 0.264 e. The molecule has 4 rings (SSSR count). The van der Waals surface area contributed by atoms with E-state index >= 15 is 0 Å². The first kappa shape index (κ1) is 29.1. The van der Waals surface area contributed by atoms with E-state index in [0.29, 0.717) is 15.9 Å². The predicted octanol–water partition coefficient (Wildman–Crippen LogP) is 3.80. The molecule has 0 bridgehead atoms. The SMILES string of the molecule is COc1ccc(S(=O)(=O)N(CC(=O)N2CCN(S(=O)(=O)c3ccc(C)cc3)CC2)c2ccc(C)cc2)cc1Br. The van der Waals surface area contributed by atoms with Crippen LogP contribution in [0.2, 0.25) is 0 Å². The number of carbonyl (C=O) groups is 1. The van der Waals surface area contributed by atoms with Crippen LogP contribution in [0.5, 0.6) is 5.75 Å². The molecule has 0 atom stereocenters. The van der Waals surface area contributed by atoms with Gasteiger partial charge in [0.15, 0.2) is 0 Å². The standard InChI is InChI=1S/C27H30BrN3O6S2/c1-20-4-8-22(9-5-20)31(39(35,36)24-12-13-26(37-3)25(28)18-24)19-27(32)29-14-16-30(17-15-29)38(33,34)23-10-6-21(2)7-11-23/h4-13,18H,14-17,19H2,1-3H3. The number of rotatable bonds is 8. The lowest BCUT2D eigenvalue weighted by atomic mass is 10.2. The van der Waals surface area contributed by atoms with Gasteiger partial charge in [-0.3, -0.25) is 9.10 Å². The van der Waals surface area contributed by atoms with E-state index in [9.17, 15) is 21.6 Å². The van der Waals surface area contributed by atoms with Gasteiger partial charge in [0.2, 0.25) is 15.9 Å². The van der Waals surface area contributed by atoms with E-state index in [-0.39, 0.29) is 36.0 Å². The molecule has 3 aromatic carbocycles. The molecule has 39 heavy (non-hydrogen) atoms. The highest BCUT2D eigenvalue weighted by molar-refractivity contribution is 9.10. The number of nitrogens with zero attached hydrogens (tertiary/aromatic N) is 3. The lowest BCUT2D eigenvalue weighted by Gasteiger charge is -2.35. The van der Waals surface area contributed by atoms with Gasteiger partial charge in [0.1, 0.15) is 12.3 Å². The molecule has 1 fully saturated rings. The summed E-state index contributed by atoms with van der Waals surface area (Å²) in [6, 6.07) is 17.9. The quantitative estimate of drug-likeness (QED) is 0.373. The van der Waals surface area contributed by atoms with Crippen LogP contribution in [0.25, 0.3) is 0 Å². The maximum atomic E-state index is 13.8. The van der Waals surface area contributed by atoms with Gasteiger partial charge < -0.3 is 9.64 Å². The van der Waals surface area contributed by atoms with Crippen molar-refractivity contribution < 1.29 is 26.4 Å². The van der Waals surface area contributed by atoms with Gasteiger partial charge in [-0.25, -0.2) is 16.8 Å². The number of hydrogen-bond acceptors (Lipinski definition) is 6. The Labute approximate surface area is 238 Å². The summed E-state index contributed by atoms with van der Waals surface area (Å²) in [4.78, 5) is 15.1. The van der Waals surface area contributed by atoms with Crippen LogP contribution in [-0.4, -0.2) is 71.8 Å². The normalized spacial score (nSPS) is 14.7. The Balaban J connectivity index is 1.54. The number of hydrogen-bond donors (Lipinski definition) is 0. The molecule has 0 N–H and O–H groups in total. The van der Waals surface area contributed by atoms with Crippen LogP contribution < -0.4 is 9.04 Å². The molecule has 1 saturated heterocycles. The Bertz CT molecular complexity index is 1550. The zero-order valence-electron chi connectivity index (χ0n) is 21.9. The number of piperazine rings is 1. The molecule has 1 aliphatic heterocycles. The molecule has 0 saturated carbocycles. The number of benzene rings is 3. The Morgan fingerprint density at radius 1 is 0.846 bits per heavy atom. The number of ether oxygens (including phenoxy) is 1. The van der Waals surface area contributed by atoms with Crippen molar-refractivity contribution in [3.05, 3.63) is 82.3 Å². The Hall–Kier alpha value is -2.93. The fourth-order valence-electron chi connectivity index (χ4n) is 4.22. The molecule has 1 aliphatic rings. The van der Waals surface area contributed by atoms with E-state index in [4.69, 9.17) is 4.74 Å². The first-order valence-corrected chi connectivity index (χ1v) is 15.9. The second-order valence-corrected chi connectivity index (χ2v) is 13.9. The zero-order chi connectivity index (χ0) is 28.4. The van der Waals surface area contributed by atoms with E-state index in [1.54, 1.807) is 54.6 Å². The van der Waals surface area contributed by atoms with Gasteiger partial charge in [0, 0.05) is 26.2 Å². The molecule has 0 unspecified atom stereocenters. The number of aryl methyl sites for hydroxylation is 2. The first-order chi connectivity index (χ1) is 18.4. The highest BCUT2D eigenvalue weighted by Crippen LogP contribution is 2.31. The highest BCUT2D eigenvalue weighted by atomic mass is 79.9. The molecular weight excluding hydrogens is 606 g/mol. The van der Waals surface area contributed by atoms with Crippen molar-refractivity contribution >= 4 is 47.6 Å². The maximum absolute atomic E-state index is 13.8. The average molecular weight is 637 g/mol. The van der Waals surface area contributed by atoms with Crippen molar-refractivity contribution in [3.8, 4) is 5.75 Å². The lowest BCUT2D eigenvalue weighted by Crippen LogP contribution is -2.53. The van der Waals surface area contributed by atoms with Crippen molar-refractivity contribution in [2.75, 3.05) is 44.1 Å². The number of halogens is 1. The second-order valence-electron chi connectivity index (χ2n) is 9.24. The van der Waals surface area contributed by atoms with E-state index < -0.39 is 32.5 Å². The highest BCUT2D eigenvalue weighted by Gasteiger charge is 2.33. The number of sulfonamides is 2. The topological polar surface area (TPSA) is 104 Å². The summed E-state index contributed by atoms with van der Waals surface area (Å²) in [5.74, 6) is 0.0597. The number of anilines is 1. The number of carbonyl (C=O) groups excluding carboxylic acids is 1. The van der Waals surface area contributed by atoms with Crippen LogP contribution in [0.4, 0.5) is 5.69 Å². The van der Waals surface area contributed by atoms with Crippen molar-refractivity contribution in [2.45, 2.75) is 23.6 Å². The molecule has 0 radical (unpaired) electrons. The third kappa shape index (κ3) is 6.29. The molecule has 9 nitrogen and oxygen atoms in total. The molecule has 1 heterocycles. The van der Waals surface area contributed by atoms with Gasteiger partial charge >= 0.3 is 0 Å². The minimum Gasteiger partial charge on any atom is -0.496 e. The maximum Gasteiger partial charge on any atom is 0.264 e. The van der Waals surface area contributed by atoms with Gasteiger partial charge in [0.25, 0.3) is 10.0 Å². The minimum absolute atomic E-state index is 0.00226. The fraction of sp³-hybridized carbons (Fsp3) is 0.296. The van der Waals surface area contributed by atoms with E-state index in [2.05, 4.69) is 15.9 Å². The molecular formula is C27H30BrN3O6S2. The van der Waals surface area contributed by atoms with Crippen LogP contribution in [-0.2, 0) is 24.8 Å². The molecule has 0 aliphatic carbocycles. The summed E-state index contributed by atoms with van der Waals surface area (Å²) >= 11 is 3.33. The summed E-state index contributed by atoms with van der Waals surface area (Å²) in [5, 5.41) is 0. The number of amides is 1. The summed E-state index contributed by atoms with van der Waals surface area (Å²) < 4.78 is 61.7. The van der Waals surface area contributed by atoms with Crippen molar-refractivity contribution in [3.63, 3.8) is 0 Å². The molecule has 208 valence electrons. The van der Waals surface area contributed by atoms with E-state index in [1.807, 2.05) is 13.8 Å². The third-order valence-corrected chi connectivity index (χ3v) is 10.9. The average Bonchev–Trinajstić information content (AvgIpc) is 2.92. The summed E-state index contributed by atoms with van der Waals surface area (Å²) in [7, 11) is -6.34. The van der Waals surface area contributed by atoms with Crippen LogP contribution in [0.1, 0.15) is 11.1 Å². The van der Waals surface area contributed by atoms with Crippen LogP contribution in [0, 0.1) is 13.8 Å². The monoisotopic (exact) mass is 635 g/mol. The van der Waals surface area contributed by atoms with Gasteiger partial charge in [-0.1, -0.05) is 35.4 Å². The largest absolute Gasteiger partial charge is 0.496 e. The Morgan fingerprint density at radius 2 is 1.38 bits per heavy atom. The third-order valence-electron chi connectivity index (χ3n) is 6.56. The van der Waals surface area contributed by atoms with Crippen molar-refractivity contribution in [1.82, 2.24) is 9.21 Å². The van der Waals surface area contributed by atoms with Gasteiger partial charge in [0.05, 0.1) is 27.1 Å². The number of methoxy groups -OCH3 is 1. The first-order valence-electron chi connectivity index (χ1n) is 12.2. The summed E-state index contributed by atoms with van der Waals surface area (Å²) in [6.07, 6.45) is 0. The molecule has 1 amide bonds. The van der Waals surface area contributed by atoms with E-state index in [1.165, 1.54) is 28.4 Å². The second kappa shape index (κ2) is 11.7.